The van der Waals surface area contributed by atoms with Gasteiger partial charge in [0, 0.05) is 27.7 Å². The maximum absolute atomic E-state index is 6.37. The van der Waals surface area contributed by atoms with E-state index in [1.54, 1.807) is 0 Å². The highest BCUT2D eigenvalue weighted by molar-refractivity contribution is 6.14. The molecule has 0 unspecified atom stereocenters. The summed E-state index contributed by atoms with van der Waals surface area (Å²) in [4.78, 5) is 2.38. The Kier molecular flexibility index (Phi) is 8.87. The van der Waals surface area contributed by atoms with Crippen LogP contribution in [0.1, 0.15) is 0 Å². The molecular weight excluding hydrogens is 727 g/mol. The lowest BCUT2D eigenvalue weighted by Gasteiger charge is -2.28. The van der Waals surface area contributed by atoms with Crippen LogP contribution >= 0.6 is 0 Å². The second-order valence-corrected chi connectivity index (χ2v) is 15.3. The van der Waals surface area contributed by atoms with Crippen LogP contribution in [0.5, 0.6) is 0 Å². The minimum atomic E-state index is 0.882. The quantitative estimate of drug-likeness (QED) is 0.153. The van der Waals surface area contributed by atoms with Crippen LogP contribution in [0.15, 0.2) is 241 Å². The molecule has 0 bridgehead atoms. The Morgan fingerprint density at radius 3 is 1.50 bits per heavy atom. The summed E-state index contributed by atoms with van der Waals surface area (Å²) in [7, 11) is 0. The monoisotopic (exact) mass is 765 g/mol. The van der Waals surface area contributed by atoms with Crippen LogP contribution < -0.4 is 4.90 Å². The number of hydrogen-bond donors (Lipinski definition) is 0. The van der Waals surface area contributed by atoms with Crippen LogP contribution in [0.25, 0.3) is 88.3 Å². The zero-order chi connectivity index (χ0) is 39.8. The van der Waals surface area contributed by atoms with E-state index in [4.69, 9.17) is 4.42 Å². The molecule has 0 spiro atoms. The Morgan fingerprint density at radius 1 is 0.283 bits per heavy atom. The van der Waals surface area contributed by atoms with Gasteiger partial charge in [-0.15, -0.1) is 0 Å². The minimum absolute atomic E-state index is 0.882. The summed E-state index contributed by atoms with van der Waals surface area (Å²) < 4.78 is 6.37. The maximum Gasteiger partial charge on any atom is 0.136 e. The topological polar surface area (TPSA) is 16.4 Å². The van der Waals surface area contributed by atoms with Gasteiger partial charge in [0.15, 0.2) is 0 Å². The molecule has 1 aromatic heterocycles. The number of nitrogens with zero attached hydrogens (tertiary/aromatic N) is 1. The van der Waals surface area contributed by atoms with E-state index in [0.717, 1.165) is 55.7 Å². The lowest BCUT2D eigenvalue weighted by atomic mass is 9.95. The molecule has 0 radical (unpaired) electrons. The second-order valence-electron chi connectivity index (χ2n) is 15.3. The molecule has 11 aromatic rings. The first kappa shape index (κ1) is 35.2. The largest absolute Gasteiger partial charge is 0.456 e. The molecule has 282 valence electrons. The van der Waals surface area contributed by atoms with Crippen molar-refractivity contribution >= 4 is 49.8 Å². The Labute approximate surface area is 349 Å². The molecular formula is C58H39NO. The average molecular weight is 766 g/mol. The van der Waals surface area contributed by atoms with Gasteiger partial charge in [0.05, 0.1) is 5.69 Å². The number of rotatable bonds is 8. The Bertz CT molecular complexity index is 3280. The standard InChI is InChI=1S/C58H39NO/c1-2-13-40(14-3-1)41-27-29-42(30-28-41)43-31-35-48(36-32-43)59(55-24-8-6-20-52(55)53-23-12-26-57-58(53)54-21-7-9-25-56(54)60-57)49-37-33-44(34-38-49)46-17-10-18-47(39-46)51-22-11-16-45-15-4-5-19-50(45)51/h1-39H. The fraction of sp³-hybridized carbons (Fsp3) is 0. The molecule has 1 heterocycles. The Hall–Kier alpha value is -7.94. The van der Waals surface area contributed by atoms with E-state index in [1.165, 1.54) is 49.7 Å². The molecule has 60 heavy (non-hydrogen) atoms. The highest BCUT2D eigenvalue weighted by atomic mass is 16.3. The molecule has 0 aliphatic carbocycles. The van der Waals surface area contributed by atoms with Crippen LogP contribution in [0.2, 0.25) is 0 Å². The first-order chi connectivity index (χ1) is 29.7. The average Bonchev–Trinajstić information content (AvgIpc) is 3.72. The Morgan fingerprint density at radius 2 is 0.750 bits per heavy atom. The number of hydrogen-bond acceptors (Lipinski definition) is 2. The van der Waals surface area contributed by atoms with E-state index < -0.39 is 0 Å². The molecule has 0 aliphatic rings. The number of benzene rings is 10. The first-order valence-electron chi connectivity index (χ1n) is 20.5. The minimum Gasteiger partial charge on any atom is -0.456 e. The third-order valence-electron chi connectivity index (χ3n) is 11.7. The molecule has 0 fully saturated rings. The molecule has 0 amide bonds. The molecule has 2 heteroatoms. The number of anilines is 3. The van der Waals surface area contributed by atoms with E-state index in [1.807, 2.05) is 12.1 Å². The maximum atomic E-state index is 6.37. The summed E-state index contributed by atoms with van der Waals surface area (Å²) in [5.74, 6) is 0. The van der Waals surface area contributed by atoms with Crippen LogP contribution in [0, 0.1) is 0 Å². The van der Waals surface area contributed by atoms with Crippen LogP contribution in [0.3, 0.4) is 0 Å². The predicted octanol–water partition coefficient (Wildman–Crippen LogP) is 16.5. The van der Waals surface area contributed by atoms with Crippen LogP contribution in [-0.4, -0.2) is 0 Å². The van der Waals surface area contributed by atoms with E-state index >= 15 is 0 Å². The van der Waals surface area contributed by atoms with Gasteiger partial charge in [0.25, 0.3) is 0 Å². The zero-order valence-electron chi connectivity index (χ0n) is 32.9. The summed E-state index contributed by atoms with van der Waals surface area (Å²) in [6.07, 6.45) is 0. The van der Waals surface area contributed by atoms with Crippen molar-refractivity contribution < 1.29 is 4.42 Å². The lowest BCUT2D eigenvalue weighted by Crippen LogP contribution is -2.11. The fourth-order valence-corrected chi connectivity index (χ4v) is 8.76. The van der Waals surface area contributed by atoms with Gasteiger partial charge in [0.1, 0.15) is 11.2 Å². The highest BCUT2D eigenvalue weighted by Crippen LogP contribution is 2.45. The van der Waals surface area contributed by atoms with Gasteiger partial charge < -0.3 is 9.32 Å². The van der Waals surface area contributed by atoms with Crippen molar-refractivity contribution in [1.82, 2.24) is 0 Å². The van der Waals surface area contributed by atoms with Gasteiger partial charge in [-0.1, -0.05) is 188 Å². The molecule has 11 rings (SSSR count). The Balaban J connectivity index is 1.01. The third-order valence-corrected chi connectivity index (χ3v) is 11.7. The fourth-order valence-electron chi connectivity index (χ4n) is 8.76. The van der Waals surface area contributed by atoms with Gasteiger partial charge in [-0.05, 0) is 109 Å². The molecule has 10 aromatic carbocycles. The summed E-state index contributed by atoms with van der Waals surface area (Å²) in [6, 6.07) is 84.8. The van der Waals surface area contributed by atoms with Gasteiger partial charge in [-0.25, -0.2) is 0 Å². The molecule has 2 nitrogen and oxygen atoms in total. The van der Waals surface area contributed by atoms with Crippen molar-refractivity contribution in [3.8, 4) is 55.6 Å². The molecule has 0 N–H and O–H groups in total. The van der Waals surface area contributed by atoms with Crippen LogP contribution in [0.4, 0.5) is 17.1 Å². The van der Waals surface area contributed by atoms with Crippen molar-refractivity contribution in [1.29, 1.82) is 0 Å². The van der Waals surface area contributed by atoms with Crippen molar-refractivity contribution in [2.75, 3.05) is 4.90 Å². The smallest absolute Gasteiger partial charge is 0.136 e. The lowest BCUT2D eigenvalue weighted by molar-refractivity contribution is 0.669. The van der Waals surface area contributed by atoms with Crippen molar-refractivity contribution in [3.05, 3.63) is 237 Å². The first-order valence-corrected chi connectivity index (χ1v) is 20.5. The molecule has 0 saturated heterocycles. The molecule has 0 atom stereocenters. The SMILES string of the molecule is c1ccc(-c2ccc(-c3ccc(N(c4ccc(-c5cccc(-c6cccc7ccccc67)c5)cc4)c4ccccc4-c4cccc5oc6ccccc6c45)cc3)cc2)cc1. The van der Waals surface area contributed by atoms with E-state index in [9.17, 15) is 0 Å². The number of furan rings is 1. The van der Waals surface area contributed by atoms with Gasteiger partial charge >= 0.3 is 0 Å². The molecule has 0 saturated carbocycles. The van der Waals surface area contributed by atoms with E-state index in [0.29, 0.717) is 0 Å². The van der Waals surface area contributed by atoms with Gasteiger partial charge in [-0.3, -0.25) is 0 Å². The normalized spacial score (nSPS) is 11.3. The van der Waals surface area contributed by atoms with Crippen molar-refractivity contribution in [3.63, 3.8) is 0 Å². The van der Waals surface area contributed by atoms with Gasteiger partial charge in [0.2, 0.25) is 0 Å². The summed E-state index contributed by atoms with van der Waals surface area (Å²) >= 11 is 0. The van der Waals surface area contributed by atoms with Crippen molar-refractivity contribution in [2.45, 2.75) is 0 Å². The van der Waals surface area contributed by atoms with Crippen LogP contribution in [-0.2, 0) is 0 Å². The highest BCUT2D eigenvalue weighted by Gasteiger charge is 2.20. The second kappa shape index (κ2) is 15.1. The summed E-state index contributed by atoms with van der Waals surface area (Å²) in [5.41, 5.74) is 16.8. The van der Waals surface area contributed by atoms with Crippen molar-refractivity contribution in [2.24, 2.45) is 0 Å². The van der Waals surface area contributed by atoms with E-state index in [2.05, 4.69) is 229 Å². The third kappa shape index (κ3) is 6.41. The number of para-hydroxylation sites is 2. The van der Waals surface area contributed by atoms with E-state index in [-0.39, 0.29) is 0 Å². The predicted molar refractivity (Wildman–Crippen MR) is 253 cm³/mol. The number of fused-ring (bicyclic) bond motifs is 4. The summed E-state index contributed by atoms with van der Waals surface area (Å²) in [5, 5.41) is 4.74. The summed E-state index contributed by atoms with van der Waals surface area (Å²) in [6.45, 7) is 0. The zero-order valence-corrected chi connectivity index (χ0v) is 32.9. The molecule has 0 aliphatic heterocycles. The van der Waals surface area contributed by atoms with Gasteiger partial charge in [-0.2, -0.15) is 0 Å².